The van der Waals surface area contributed by atoms with Gasteiger partial charge in [-0.1, -0.05) is 0 Å². The van der Waals surface area contributed by atoms with Gasteiger partial charge in [0.1, 0.15) is 11.9 Å². The van der Waals surface area contributed by atoms with Gasteiger partial charge in [0.25, 0.3) is 0 Å². The predicted octanol–water partition coefficient (Wildman–Crippen LogP) is 1.54. The molecule has 96 valence electrons. The molecule has 5 nitrogen and oxygen atoms in total. The molecule has 1 rings (SSSR count). The number of likely N-dealkylation sites (N-methyl/N-ethyl adjacent to an activating group) is 1. The highest BCUT2D eigenvalue weighted by Gasteiger charge is 2.11. The fourth-order valence-corrected chi connectivity index (χ4v) is 1.42. The molecule has 0 unspecified atom stereocenters. The Hall–Kier alpha value is -2.13. The lowest BCUT2D eigenvalue weighted by molar-refractivity contribution is 0.192. The maximum Gasteiger partial charge on any atom is 0.321 e. The van der Waals surface area contributed by atoms with E-state index >= 15 is 0 Å². The lowest BCUT2D eigenvalue weighted by Crippen LogP contribution is -2.36. The Bertz CT molecular complexity index is 471. The van der Waals surface area contributed by atoms with Crippen LogP contribution in [0.2, 0.25) is 0 Å². The molecule has 2 amide bonds. The number of amides is 2. The summed E-state index contributed by atoms with van der Waals surface area (Å²) in [7, 11) is 0. The molecule has 1 aromatic carbocycles. The number of hydrogen-bond donors (Lipinski definition) is 2. The molecule has 18 heavy (non-hydrogen) atoms. The molecule has 0 aliphatic carbocycles. The largest absolute Gasteiger partial charge is 0.395 e. The second-order valence-corrected chi connectivity index (χ2v) is 3.54. The number of halogens is 1. The van der Waals surface area contributed by atoms with Crippen molar-refractivity contribution in [2.45, 2.75) is 6.92 Å². The average Bonchev–Trinajstić information content (AvgIpc) is 2.38. The van der Waals surface area contributed by atoms with E-state index in [1.54, 1.807) is 13.0 Å². The number of urea groups is 1. The van der Waals surface area contributed by atoms with Crippen LogP contribution in [0.4, 0.5) is 14.9 Å². The van der Waals surface area contributed by atoms with Crippen molar-refractivity contribution in [1.29, 1.82) is 5.26 Å². The van der Waals surface area contributed by atoms with Crippen LogP contribution >= 0.6 is 0 Å². The summed E-state index contributed by atoms with van der Waals surface area (Å²) >= 11 is 0. The van der Waals surface area contributed by atoms with Gasteiger partial charge in [-0.2, -0.15) is 5.26 Å². The van der Waals surface area contributed by atoms with Gasteiger partial charge in [0.05, 0.1) is 12.2 Å². The van der Waals surface area contributed by atoms with E-state index in [0.29, 0.717) is 12.2 Å². The lowest BCUT2D eigenvalue weighted by Gasteiger charge is -2.20. The zero-order valence-corrected chi connectivity index (χ0v) is 9.98. The molecule has 0 aliphatic rings. The SMILES string of the molecule is CCN(CCO)C(=O)Nc1ccc(F)c(C#N)c1. The fourth-order valence-electron chi connectivity index (χ4n) is 1.42. The Kier molecular flexibility index (Phi) is 5.08. The first-order valence-corrected chi connectivity index (χ1v) is 5.48. The quantitative estimate of drug-likeness (QED) is 0.852. The first-order valence-electron chi connectivity index (χ1n) is 5.48. The topological polar surface area (TPSA) is 76.4 Å². The Morgan fingerprint density at radius 2 is 2.33 bits per heavy atom. The molecule has 0 heterocycles. The van der Waals surface area contributed by atoms with Gasteiger partial charge >= 0.3 is 6.03 Å². The molecular formula is C12H14FN3O2. The van der Waals surface area contributed by atoms with E-state index in [9.17, 15) is 9.18 Å². The number of nitrogens with zero attached hydrogens (tertiary/aromatic N) is 2. The van der Waals surface area contributed by atoms with Crippen molar-refractivity contribution >= 4 is 11.7 Å². The van der Waals surface area contributed by atoms with E-state index in [1.165, 1.54) is 17.0 Å². The summed E-state index contributed by atoms with van der Waals surface area (Å²) in [6, 6.07) is 5.06. The Labute approximate surface area is 104 Å². The highest BCUT2D eigenvalue weighted by molar-refractivity contribution is 5.89. The van der Waals surface area contributed by atoms with Gasteiger partial charge in [-0.05, 0) is 25.1 Å². The van der Waals surface area contributed by atoms with Crippen LogP contribution in [0.3, 0.4) is 0 Å². The van der Waals surface area contributed by atoms with Gasteiger partial charge in [0, 0.05) is 18.8 Å². The van der Waals surface area contributed by atoms with Crippen LogP contribution in [0.15, 0.2) is 18.2 Å². The van der Waals surface area contributed by atoms with Crippen LogP contribution in [-0.4, -0.2) is 35.7 Å². The molecule has 0 aromatic heterocycles. The van der Waals surface area contributed by atoms with Gasteiger partial charge in [-0.15, -0.1) is 0 Å². The van der Waals surface area contributed by atoms with Crippen molar-refractivity contribution in [3.63, 3.8) is 0 Å². The Morgan fingerprint density at radius 3 is 2.89 bits per heavy atom. The molecule has 0 bridgehead atoms. The molecule has 0 aliphatic heterocycles. The van der Waals surface area contributed by atoms with Gasteiger partial charge in [0.2, 0.25) is 0 Å². The monoisotopic (exact) mass is 251 g/mol. The molecular weight excluding hydrogens is 237 g/mol. The number of nitriles is 1. The normalized spacial score (nSPS) is 9.67. The van der Waals surface area contributed by atoms with Crippen LogP contribution in [0.5, 0.6) is 0 Å². The fraction of sp³-hybridized carbons (Fsp3) is 0.333. The molecule has 1 aromatic rings. The van der Waals surface area contributed by atoms with E-state index in [1.807, 2.05) is 0 Å². The predicted molar refractivity (Wildman–Crippen MR) is 64.5 cm³/mol. The zero-order chi connectivity index (χ0) is 13.5. The maximum absolute atomic E-state index is 13.1. The number of carbonyl (C=O) groups excluding carboxylic acids is 1. The third-order valence-corrected chi connectivity index (χ3v) is 2.38. The molecule has 0 saturated carbocycles. The van der Waals surface area contributed by atoms with Crippen LogP contribution in [0.25, 0.3) is 0 Å². The summed E-state index contributed by atoms with van der Waals surface area (Å²) in [4.78, 5) is 13.1. The van der Waals surface area contributed by atoms with Crippen molar-refractivity contribution < 1.29 is 14.3 Å². The summed E-state index contributed by atoms with van der Waals surface area (Å²) in [5, 5.41) is 20.0. The number of aliphatic hydroxyl groups is 1. The summed E-state index contributed by atoms with van der Waals surface area (Å²) in [5.74, 6) is -0.627. The summed E-state index contributed by atoms with van der Waals surface area (Å²) < 4.78 is 13.1. The van der Waals surface area contributed by atoms with Gasteiger partial charge in [-0.3, -0.25) is 0 Å². The number of rotatable bonds is 4. The van der Waals surface area contributed by atoms with Crippen LogP contribution in [-0.2, 0) is 0 Å². The maximum atomic E-state index is 13.1. The minimum absolute atomic E-state index is 0.127. The zero-order valence-electron chi connectivity index (χ0n) is 9.98. The standard InChI is InChI=1S/C12H14FN3O2/c1-2-16(5-6-17)12(18)15-10-3-4-11(13)9(7-10)8-14/h3-4,7,17H,2,5-6H2,1H3,(H,15,18). The van der Waals surface area contributed by atoms with E-state index in [-0.39, 0.29) is 18.7 Å². The summed E-state index contributed by atoms with van der Waals surface area (Å²) in [5.41, 5.74) is 0.215. The van der Waals surface area contributed by atoms with Gasteiger partial charge in [0.15, 0.2) is 0 Å². The Balaban J connectivity index is 2.78. The number of hydrogen-bond acceptors (Lipinski definition) is 3. The molecule has 6 heteroatoms. The number of carbonyl (C=O) groups is 1. The first kappa shape index (κ1) is 13.9. The molecule has 0 fully saturated rings. The van der Waals surface area contributed by atoms with Crippen molar-refractivity contribution in [3.8, 4) is 6.07 Å². The highest BCUT2D eigenvalue weighted by atomic mass is 19.1. The molecule has 2 N–H and O–H groups in total. The van der Waals surface area contributed by atoms with Crippen molar-refractivity contribution in [2.75, 3.05) is 25.0 Å². The van der Waals surface area contributed by atoms with E-state index in [2.05, 4.69) is 5.32 Å². The number of aliphatic hydroxyl groups excluding tert-OH is 1. The third-order valence-electron chi connectivity index (χ3n) is 2.38. The van der Waals surface area contributed by atoms with Gasteiger partial charge < -0.3 is 15.3 Å². The Morgan fingerprint density at radius 1 is 1.61 bits per heavy atom. The van der Waals surface area contributed by atoms with Crippen molar-refractivity contribution in [1.82, 2.24) is 4.90 Å². The number of benzene rings is 1. The minimum Gasteiger partial charge on any atom is -0.395 e. The van der Waals surface area contributed by atoms with Crippen LogP contribution in [0.1, 0.15) is 12.5 Å². The van der Waals surface area contributed by atoms with Crippen LogP contribution < -0.4 is 5.32 Å². The summed E-state index contributed by atoms with van der Waals surface area (Å²) in [6.45, 7) is 2.31. The van der Waals surface area contributed by atoms with E-state index in [4.69, 9.17) is 10.4 Å². The molecule has 0 saturated heterocycles. The lowest BCUT2D eigenvalue weighted by atomic mass is 10.2. The number of anilines is 1. The second kappa shape index (κ2) is 6.57. The van der Waals surface area contributed by atoms with E-state index in [0.717, 1.165) is 6.07 Å². The minimum atomic E-state index is -0.627. The smallest absolute Gasteiger partial charge is 0.321 e. The average molecular weight is 251 g/mol. The highest BCUT2D eigenvalue weighted by Crippen LogP contribution is 2.14. The summed E-state index contributed by atoms with van der Waals surface area (Å²) in [6.07, 6.45) is 0. The molecule has 0 atom stereocenters. The molecule has 0 radical (unpaired) electrons. The van der Waals surface area contributed by atoms with Gasteiger partial charge in [-0.25, -0.2) is 9.18 Å². The van der Waals surface area contributed by atoms with Crippen LogP contribution in [0, 0.1) is 17.1 Å². The third kappa shape index (κ3) is 3.43. The van der Waals surface area contributed by atoms with Crippen molar-refractivity contribution in [3.05, 3.63) is 29.6 Å². The second-order valence-electron chi connectivity index (χ2n) is 3.54. The van der Waals surface area contributed by atoms with E-state index < -0.39 is 11.8 Å². The number of nitrogens with one attached hydrogen (secondary N) is 1. The van der Waals surface area contributed by atoms with Crippen molar-refractivity contribution in [2.24, 2.45) is 0 Å². The molecule has 0 spiro atoms. The first-order chi connectivity index (χ1) is 8.62.